The number of hydrogen-bond donors (Lipinski definition) is 0. The van der Waals surface area contributed by atoms with Crippen molar-refractivity contribution in [3.63, 3.8) is 0 Å². The number of rotatable bonds is 2. The maximum absolute atomic E-state index is 14.1. The molecule has 0 amide bonds. The van der Waals surface area contributed by atoms with Crippen molar-refractivity contribution in [1.29, 1.82) is 0 Å². The molecule has 0 bridgehead atoms. The van der Waals surface area contributed by atoms with Gasteiger partial charge in [-0.25, -0.2) is 9.37 Å². The molecule has 0 saturated heterocycles. The van der Waals surface area contributed by atoms with Crippen molar-refractivity contribution in [2.75, 3.05) is 0 Å². The molecule has 3 rings (SSSR count). The van der Waals surface area contributed by atoms with E-state index in [9.17, 15) is 4.39 Å². The Hall–Kier alpha value is -1.23. The van der Waals surface area contributed by atoms with Crippen molar-refractivity contribution in [1.82, 2.24) is 4.98 Å². The molecule has 2 aromatic carbocycles. The lowest BCUT2D eigenvalue weighted by Crippen LogP contribution is -1.85. The van der Waals surface area contributed by atoms with E-state index in [2.05, 4.69) is 20.9 Å². The summed E-state index contributed by atoms with van der Waals surface area (Å²) < 4.78 is 15.1. The highest BCUT2D eigenvalue weighted by Crippen LogP contribution is 2.36. The lowest BCUT2D eigenvalue weighted by molar-refractivity contribution is 0.631. The molecule has 106 valence electrons. The molecule has 0 aliphatic carbocycles. The fourth-order valence-electron chi connectivity index (χ4n) is 2.08. The van der Waals surface area contributed by atoms with Crippen molar-refractivity contribution < 1.29 is 4.39 Å². The third-order valence-corrected chi connectivity index (χ3v) is 4.87. The molecule has 3 aromatic rings. The maximum Gasteiger partial charge on any atom is 0.152 e. The van der Waals surface area contributed by atoms with Crippen LogP contribution < -0.4 is 0 Å². The minimum absolute atomic E-state index is 0.115. The molecule has 0 unspecified atom stereocenters. The van der Waals surface area contributed by atoms with Gasteiger partial charge in [-0.3, -0.25) is 0 Å². The summed E-state index contributed by atoms with van der Waals surface area (Å²) in [6.07, 6.45) is 0. The molecule has 0 atom stereocenters. The van der Waals surface area contributed by atoms with E-state index in [-0.39, 0.29) is 5.02 Å². The number of nitrogens with zero attached hydrogens (tertiary/aromatic N) is 1. The molecule has 0 aliphatic heterocycles. The highest BCUT2D eigenvalue weighted by molar-refractivity contribution is 9.10. The molecule has 0 fully saturated rings. The van der Waals surface area contributed by atoms with Crippen LogP contribution in [0.5, 0.6) is 0 Å². The van der Waals surface area contributed by atoms with E-state index >= 15 is 0 Å². The molecule has 0 aliphatic rings. The van der Waals surface area contributed by atoms with Crippen molar-refractivity contribution >= 4 is 38.9 Å². The van der Waals surface area contributed by atoms with E-state index in [1.807, 2.05) is 31.2 Å². The van der Waals surface area contributed by atoms with Crippen LogP contribution in [0.4, 0.5) is 4.39 Å². The SMILES string of the molecule is Cc1sc(-c2cccc(Cl)c2F)nc1-c1cccc(Br)c1. The van der Waals surface area contributed by atoms with Crippen LogP contribution in [0.1, 0.15) is 4.88 Å². The number of aromatic nitrogens is 1. The Labute approximate surface area is 139 Å². The Kier molecular flexibility index (Phi) is 4.11. The van der Waals surface area contributed by atoms with Crippen LogP contribution in [0.25, 0.3) is 21.8 Å². The van der Waals surface area contributed by atoms with Crippen molar-refractivity contribution in [3.05, 3.63) is 62.7 Å². The van der Waals surface area contributed by atoms with Gasteiger partial charge < -0.3 is 0 Å². The summed E-state index contributed by atoms with van der Waals surface area (Å²) in [5.41, 5.74) is 2.32. The highest BCUT2D eigenvalue weighted by Gasteiger charge is 2.15. The first kappa shape index (κ1) is 14.7. The van der Waals surface area contributed by atoms with Crippen LogP contribution in [0, 0.1) is 12.7 Å². The molecule has 1 nitrogen and oxygen atoms in total. The first-order valence-electron chi connectivity index (χ1n) is 6.24. The summed E-state index contributed by atoms with van der Waals surface area (Å²) in [5.74, 6) is -0.422. The molecule has 5 heteroatoms. The topological polar surface area (TPSA) is 12.9 Å². The standard InChI is InChI=1S/C16H10BrClFNS/c1-9-15(10-4-2-5-11(17)8-10)20-16(21-9)12-6-3-7-13(18)14(12)19/h2-8H,1H3. The largest absolute Gasteiger partial charge is 0.236 e. The monoisotopic (exact) mass is 381 g/mol. The van der Waals surface area contributed by atoms with Gasteiger partial charge in [-0.05, 0) is 31.2 Å². The number of aryl methyl sites for hydroxylation is 1. The van der Waals surface area contributed by atoms with Crippen molar-refractivity contribution in [3.8, 4) is 21.8 Å². The second-order valence-electron chi connectivity index (χ2n) is 4.54. The summed E-state index contributed by atoms with van der Waals surface area (Å²) in [5, 5.41) is 0.756. The van der Waals surface area contributed by atoms with Crippen LogP contribution in [0.2, 0.25) is 5.02 Å². The first-order valence-corrected chi connectivity index (χ1v) is 8.23. The third kappa shape index (κ3) is 2.89. The summed E-state index contributed by atoms with van der Waals surface area (Å²) in [6.45, 7) is 1.99. The highest BCUT2D eigenvalue weighted by atomic mass is 79.9. The van der Waals surface area contributed by atoms with Gasteiger partial charge in [0, 0.05) is 20.5 Å². The zero-order chi connectivity index (χ0) is 15.0. The van der Waals surface area contributed by atoms with Crippen LogP contribution in [0.15, 0.2) is 46.9 Å². The van der Waals surface area contributed by atoms with Gasteiger partial charge in [0.05, 0.1) is 10.7 Å². The molecule has 1 heterocycles. The van der Waals surface area contributed by atoms with Gasteiger partial charge in [-0.1, -0.05) is 45.7 Å². The average molecular weight is 383 g/mol. The summed E-state index contributed by atoms with van der Waals surface area (Å²) in [4.78, 5) is 5.64. The van der Waals surface area contributed by atoms with E-state index in [1.54, 1.807) is 12.1 Å². The molecule has 0 N–H and O–H groups in total. The van der Waals surface area contributed by atoms with Gasteiger partial charge in [-0.2, -0.15) is 0 Å². The zero-order valence-corrected chi connectivity index (χ0v) is 14.2. The second-order valence-corrected chi connectivity index (χ2v) is 7.06. The molecule has 0 spiro atoms. The Morgan fingerprint density at radius 2 is 1.95 bits per heavy atom. The van der Waals surface area contributed by atoms with Crippen molar-refractivity contribution in [2.45, 2.75) is 6.92 Å². The van der Waals surface area contributed by atoms with E-state index in [4.69, 9.17) is 11.6 Å². The summed E-state index contributed by atoms with van der Waals surface area (Å²) >= 11 is 10.8. The number of halogens is 3. The Morgan fingerprint density at radius 3 is 2.71 bits per heavy atom. The molecule has 21 heavy (non-hydrogen) atoms. The van der Waals surface area contributed by atoms with Gasteiger partial charge in [-0.15, -0.1) is 11.3 Å². The van der Waals surface area contributed by atoms with E-state index in [0.29, 0.717) is 10.6 Å². The summed E-state index contributed by atoms with van der Waals surface area (Å²) in [7, 11) is 0. The maximum atomic E-state index is 14.1. The molecular weight excluding hydrogens is 373 g/mol. The van der Waals surface area contributed by atoms with Gasteiger partial charge in [0.15, 0.2) is 5.82 Å². The van der Waals surface area contributed by atoms with Gasteiger partial charge >= 0.3 is 0 Å². The minimum Gasteiger partial charge on any atom is -0.236 e. The Morgan fingerprint density at radius 1 is 1.19 bits per heavy atom. The first-order chi connectivity index (χ1) is 10.1. The molecule has 1 aromatic heterocycles. The number of benzene rings is 2. The van der Waals surface area contributed by atoms with Gasteiger partial charge in [0.2, 0.25) is 0 Å². The van der Waals surface area contributed by atoms with E-state index in [1.165, 1.54) is 17.4 Å². The van der Waals surface area contributed by atoms with E-state index < -0.39 is 5.82 Å². The predicted molar refractivity (Wildman–Crippen MR) is 90.4 cm³/mol. The smallest absolute Gasteiger partial charge is 0.152 e. The van der Waals surface area contributed by atoms with Crippen LogP contribution in [0.3, 0.4) is 0 Å². The quantitative estimate of drug-likeness (QED) is 0.504. The molecule has 0 saturated carbocycles. The predicted octanol–water partition coefficient (Wildman–Crippen LogP) is 6.34. The van der Waals surface area contributed by atoms with E-state index in [0.717, 1.165) is 20.6 Å². The van der Waals surface area contributed by atoms with Crippen LogP contribution in [-0.4, -0.2) is 4.98 Å². The number of thiazole rings is 1. The van der Waals surface area contributed by atoms with Crippen LogP contribution >= 0.6 is 38.9 Å². The lowest BCUT2D eigenvalue weighted by atomic mass is 10.1. The molecular formula is C16H10BrClFNS. The average Bonchev–Trinajstić information content (AvgIpc) is 2.84. The normalized spacial score (nSPS) is 10.9. The fourth-order valence-corrected chi connectivity index (χ4v) is 3.61. The minimum atomic E-state index is -0.422. The fraction of sp³-hybridized carbons (Fsp3) is 0.0625. The molecule has 0 radical (unpaired) electrons. The summed E-state index contributed by atoms with van der Waals surface area (Å²) in [6, 6.07) is 12.9. The van der Waals surface area contributed by atoms with Gasteiger partial charge in [0.25, 0.3) is 0 Å². The Balaban J connectivity index is 2.12. The zero-order valence-electron chi connectivity index (χ0n) is 11.0. The lowest BCUT2D eigenvalue weighted by Gasteiger charge is -2.01. The third-order valence-electron chi connectivity index (χ3n) is 3.08. The Bertz CT molecular complexity index is 816. The number of hydrogen-bond acceptors (Lipinski definition) is 2. The second kappa shape index (κ2) is 5.87. The van der Waals surface area contributed by atoms with Gasteiger partial charge in [0.1, 0.15) is 5.01 Å². The van der Waals surface area contributed by atoms with Crippen molar-refractivity contribution in [2.24, 2.45) is 0 Å². The van der Waals surface area contributed by atoms with Crippen LogP contribution in [-0.2, 0) is 0 Å².